The maximum atomic E-state index is 5.83. The fourth-order valence-electron chi connectivity index (χ4n) is 2.50. The van der Waals surface area contributed by atoms with Crippen LogP contribution in [-0.2, 0) is 17.7 Å². The van der Waals surface area contributed by atoms with E-state index in [1.54, 1.807) is 0 Å². The summed E-state index contributed by atoms with van der Waals surface area (Å²) in [6.45, 7) is 10.7. The molecule has 1 aliphatic heterocycles. The van der Waals surface area contributed by atoms with Crippen molar-refractivity contribution >= 4 is 0 Å². The lowest BCUT2D eigenvalue weighted by Crippen LogP contribution is -2.16. The van der Waals surface area contributed by atoms with Crippen LogP contribution in [-0.4, -0.2) is 25.9 Å². The van der Waals surface area contributed by atoms with Gasteiger partial charge in [0, 0.05) is 24.1 Å². The molecule has 0 aliphatic carbocycles. The van der Waals surface area contributed by atoms with Crippen molar-refractivity contribution in [3.05, 3.63) is 36.1 Å². The van der Waals surface area contributed by atoms with Crippen LogP contribution in [0.2, 0.25) is 0 Å². The predicted molar refractivity (Wildman–Crippen MR) is 83.9 cm³/mol. The van der Waals surface area contributed by atoms with Gasteiger partial charge in [0.1, 0.15) is 17.6 Å². The molecular formula is C17H25NO3. The Labute approximate surface area is 127 Å². The molecule has 1 aromatic rings. The van der Waals surface area contributed by atoms with E-state index in [0.717, 1.165) is 43.0 Å². The van der Waals surface area contributed by atoms with Gasteiger partial charge in [0.25, 0.3) is 0 Å². The molecule has 0 fully saturated rings. The highest BCUT2D eigenvalue weighted by Gasteiger charge is 2.21. The highest BCUT2D eigenvalue weighted by molar-refractivity contribution is 5.48. The second-order valence-electron chi connectivity index (χ2n) is 5.20. The summed E-state index contributed by atoms with van der Waals surface area (Å²) in [6, 6.07) is 4.23. The topological polar surface area (TPSA) is 39.7 Å². The molecule has 0 saturated carbocycles. The molecule has 1 N–H and O–H groups in total. The summed E-state index contributed by atoms with van der Waals surface area (Å²) in [6.07, 6.45) is 3.65. The fourth-order valence-corrected chi connectivity index (χ4v) is 2.50. The molecule has 2 rings (SSSR count). The number of nitrogens with one attached hydrogen (secondary N) is 1. The second-order valence-corrected chi connectivity index (χ2v) is 5.20. The molecule has 1 unspecified atom stereocenters. The highest BCUT2D eigenvalue weighted by Crippen LogP contribution is 2.35. The van der Waals surface area contributed by atoms with Crippen molar-refractivity contribution in [3.63, 3.8) is 0 Å². The van der Waals surface area contributed by atoms with Gasteiger partial charge in [-0.25, -0.2) is 0 Å². The van der Waals surface area contributed by atoms with E-state index in [-0.39, 0.29) is 6.10 Å². The Morgan fingerprint density at radius 3 is 3.10 bits per heavy atom. The molecule has 1 heterocycles. The molecule has 1 aliphatic rings. The van der Waals surface area contributed by atoms with Crippen LogP contribution in [0.1, 0.15) is 31.4 Å². The zero-order chi connectivity index (χ0) is 15.1. The van der Waals surface area contributed by atoms with Crippen LogP contribution >= 0.6 is 0 Å². The standard InChI is InChI=1S/C17H25NO3/c1-4-19-8-6-7-18-12-15-11-17-14(9-13(3)21-17)10-16(15)20-5-2/h4,10-11,13,18H,1,5-9,12H2,2-3H3. The maximum absolute atomic E-state index is 5.83. The molecule has 0 aromatic heterocycles. The van der Waals surface area contributed by atoms with Gasteiger partial charge in [-0.2, -0.15) is 0 Å². The number of benzene rings is 1. The number of ether oxygens (including phenoxy) is 3. The van der Waals surface area contributed by atoms with Gasteiger partial charge in [-0.05, 0) is 38.9 Å². The van der Waals surface area contributed by atoms with Crippen LogP contribution in [0, 0.1) is 0 Å². The van der Waals surface area contributed by atoms with E-state index >= 15 is 0 Å². The van der Waals surface area contributed by atoms with Crippen molar-refractivity contribution in [1.29, 1.82) is 0 Å². The van der Waals surface area contributed by atoms with Crippen molar-refractivity contribution in [2.24, 2.45) is 0 Å². The quantitative estimate of drug-likeness (QED) is 0.561. The van der Waals surface area contributed by atoms with E-state index in [1.165, 1.54) is 11.8 Å². The lowest BCUT2D eigenvalue weighted by Gasteiger charge is -2.13. The first-order chi connectivity index (χ1) is 10.2. The van der Waals surface area contributed by atoms with E-state index in [2.05, 4.69) is 31.0 Å². The first-order valence-corrected chi connectivity index (χ1v) is 7.63. The van der Waals surface area contributed by atoms with Crippen molar-refractivity contribution in [1.82, 2.24) is 5.32 Å². The Bertz CT molecular complexity index is 473. The van der Waals surface area contributed by atoms with Crippen LogP contribution in [0.5, 0.6) is 11.5 Å². The lowest BCUT2D eigenvalue weighted by atomic mass is 10.1. The van der Waals surface area contributed by atoms with Crippen molar-refractivity contribution in [2.45, 2.75) is 39.3 Å². The molecule has 21 heavy (non-hydrogen) atoms. The summed E-state index contributed by atoms with van der Waals surface area (Å²) < 4.78 is 16.7. The molecule has 1 aromatic carbocycles. The van der Waals surface area contributed by atoms with E-state index < -0.39 is 0 Å². The molecule has 1 atom stereocenters. The summed E-state index contributed by atoms with van der Waals surface area (Å²) in [7, 11) is 0. The molecular weight excluding hydrogens is 266 g/mol. The van der Waals surface area contributed by atoms with Gasteiger partial charge in [-0.3, -0.25) is 0 Å². The highest BCUT2D eigenvalue weighted by atomic mass is 16.5. The first-order valence-electron chi connectivity index (χ1n) is 7.63. The summed E-state index contributed by atoms with van der Waals surface area (Å²) in [5.41, 5.74) is 2.39. The average Bonchev–Trinajstić information content (AvgIpc) is 2.82. The Hall–Kier alpha value is -1.68. The monoisotopic (exact) mass is 291 g/mol. The Kier molecular flexibility index (Phi) is 5.93. The predicted octanol–water partition coefficient (Wildman–Crippen LogP) is 3.05. The minimum absolute atomic E-state index is 0.258. The minimum Gasteiger partial charge on any atom is -0.502 e. The van der Waals surface area contributed by atoms with E-state index in [9.17, 15) is 0 Å². The number of fused-ring (bicyclic) bond motifs is 1. The second kappa shape index (κ2) is 7.93. The molecule has 0 amide bonds. The summed E-state index contributed by atoms with van der Waals surface area (Å²) in [5.74, 6) is 1.96. The van der Waals surface area contributed by atoms with E-state index in [0.29, 0.717) is 13.2 Å². The van der Waals surface area contributed by atoms with Crippen LogP contribution in [0.4, 0.5) is 0 Å². The molecule has 4 nitrogen and oxygen atoms in total. The third-order valence-electron chi connectivity index (χ3n) is 3.43. The zero-order valence-corrected chi connectivity index (χ0v) is 13.0. The number of hydrogen-bond acceptors (Lipinski definition) is 4. The molecule has 0 radical (unpaired) electrons. The number of hydrogen-bond donors (Lipinski definition) is 1. The Morgan fingerprint density at radius 1 is 1.48 bits per heavy atom. The molecule has 116 valence electrons. The number of rotatable bonds is 9. The summed E-state index contributed by atoms with van der Waals surface area (Å²) in [5, 5.41) is 3.41. The maximum Gasteiger partial charge on any atom is 0.124 e. The van der Waals surface area contributed by atoms with Gasteiger partial charge in [0.2, 0.25) is 0 Å². The van der Waals surface area contributed by atoms with Gasteiger partial charge in [0.15, 0.2) is 0 Å². The van der Waals surface area contributed by atoms with Gasteiger partial charge in [-0.15, -0.1) is 0 Å². The Morgan fingerprint density at radius 2 is 2.33 bits per heavy atom. The van der Waals surface area contributed by atoms with Gasteiger partial charge in [-0.1, -0.05) is 6.58 Å². The third-order valence-corrected chi connectivity index (χ3v) is 3.43. The molecule has 0 saturated heterocycles. The zero-order valence-electron chi connectivity index (χ0n) is 13.0. The van der Waals surface area contributed by atoms with E-state index in [4.69, 9.17) is 14.2 Å². The molecule has 4 heteroatoms. The smallest absolute Gasteiger partial charge is 0.124 e. The first kappa shape index (κ1) is 15.7. The van der Waals surface area contributed by atoms with Crippen LogP contribution < -0.4 is 14.8 Å². The third kappa shape index (κ3) is 4.39. The van der Waals surface area contributed by atoms with Crippen LogP contribution in [0.3, 0.4) is 0 Å². The van der Waals surface area contributed by atoms with Crippen molar-refractivity contribution < 1.29 is 14.2 Å². The largest absolute Gasteiger partial charge is 0.502 e. The van der Waals surface area contributed by atoms with Gasteiger partial charge >= 0.3 is 0 Å². The SMILES string of the molecule is C=COCCCNCc1cc2c(cc1OCC)CC(C)O2. The van der Waals surface area contributed by atoms with Crippen molar-refractivity contribution in [3.8, 4) is 11.5 Å². The fraction of sp³-hybridized carbons (Fsp3) is 0.529. The van der Waals surface area contributed by atoms with Gasteiger partial charge < -0.3 is 19.5 Å². The Balaban J connectivity index is 1.94. The van der Waals surface area contributed by atoms with Crippen LogP contribution in [0.15, 0.2) is 25.0 Å². The summed E-state index contributed by atoms with van der Waals surface area (Å²) in [4.78, 5) is 0. The summed E-state index contributed by atoms with van der Waals surface area (Å²) >= 11 is 0. The normalized spacial score (nSPS) is 16.2. The van der Waals surface area contributed by atoms with Crippen molar-refractivity contribution in [2.75, 3.05) is 19.8 Å². The van der Waals surface area contributed by atoms with Gasteiger partial charge in [0.05, 0.1) is 19.5 Å². The molecule has 0 bridgehead atoms. The van der Waals surface area contributed by atoms with Crippen LogP contribution in [0.25, 0.3) is 0 Å². The lowest BCUT2D eigenvalue weighted by molar-refractivity contribution is 0.244. The van der Waals surface area contributed by atoms with E-state index in [1.807, 2.05) is 6.92 Å². The average molecular weight is 291 g/mol. The molecule has 0 spiro atoms. The minimum atomic E-state index is 0.258.